The minimum atomic E-state index is -0.579. The van der Waals surface area contributed by atoms with Crippen LogP contribution in [0.1, 0.15) is 24.8 Å². The molecule has 0 saturated heterocycles. The van der Waals surface area contributed by atoms with Gasteiger partial charge in [0.2, 0.25) is 5.91 Å². The third kappa shape index (κ3) is 4.03. The van der Waals surface area contributed by atoms with Gasteiger partial charge in [0, 0.05) is 11.6 Å². The van der Waals surface area contributed by atoms with Crippen molar-refractivity contribution < 1.29 is 10.0 Å². The second kappa shape index (κ2) is 6.85. The number of hydrogen-bond acceptors (Lipinski definition) is 5. The number of hydrogen-bond donors (Lipinski definition) is 3. The first-order valence-electron chi connectivity index (χ1n) is 5.32. The van der Waals surface area contributed by atoms with E-state index >= 15 is 0 Å². The van der Waals surface area contributed by atoms with E-state index in [1.54, 1.807) is 6.20 Å². The third-order valence-electron chi connectivity index (χ3n) is 2.26. The topological polar surface area (TPSA) is 101 Å². The van der Waals surface area contributed by atoms with Crippen LogP contribution in [-0.2, 0) is 11.3 Å². The fourth-order valence-electron chi connectivity index (χ4n) is 1.40. The van der Waals surface area contributed by atoms with Gasteiger partial charge in [0.05, 0.1) is 12.5 Å². The Bertz CT molecular complexity index is 378. The van der Waals surface area contributed by atoms with Gasteiger partial charge in [-0.25, -0.2) is 4.98 Å². The average molecular weight is 256 g/mol. The van der Waals surface area contributed by atoms with Crippen molar-refractivity contribution in [2.75, 3.05) is 0 Å². The number of nitrogens with one attached hydrogen (secondary N) is 1. The lowest BCUT2D eigenvalue weighted by Crippen LogP contribution is -2.38. The zero-order valence-electron chi connectivity index (χ0n) is 9.59. The Labute approximate surface area is 104 Å². The van der Waals surface area contributed by atoms with Gasteiger partial charge in [0.1, 0.15) is 5.01 Å². The van der Waals surface area contributed by atoms with Crippen LogP contribution in [0, 0.1) is 5.92 Å². The minimum Gasteiger partial charge on any atom is -0.409 e. The van der Waals surface area contributed by atoms with Crippen LogP contribution in [-0.4, -0.2) is 21.9 Å². The fraction of sp³-hybridized carbons (Fsp3) is 0.500. The number of nitrogens with zero attached hydrogens (tertiary/aromatic N) is 2. The third-order valence-corrected chi connectivity index (χ3v) is 3.04. The zero-order valence-corrected chi connectivity index (χ0v) is 10.4. The fourth-order valence-corrected chi connectivity index (χ4v) is 1.95. The van der Waals surface area contributed by atoms with E-state index in [0.717, 1.165) is 11.4 Å². The normalized spacial score (nSPS) is 13.4. The average Bonchev–Trinajstić information content (AvgIpc) is 2.85. The maximum atomic E-state index is 11.8. The maximum absolute atomic E-state index is 11.8. The number of amidine groups is 1. The summed E-state index contributed by atoms with van der Waals surface area (Å²) in [4.78, 5) is 15.9. The Hall–Kier alpha value is -1.63. The molecule has 6 nitrogen and oxygen atoms in total. The van der Waals surface area contributed by atoms with Gasteiger partial charge in [-0.3, -0.25) is 4.79 Å². The van der Waals surface area contributed by atoms with E-state index in [1.807, 2.05) is 12.3 Å². The molecule has 1 atom stereocenters. The number of thiazole rings is 1. The second-order valence-corrected chi connectivity index (χ2v) is 4.49. The number of carbonyl (C=O) groups is 1. The van der Waals surface area contributed by atoms with Crippen LogP contribution < -0.4 is 11.1 Å². The van der Waals surface area contributed by atoms with E-state index in [4.69, 9.17) is 10.9 Å². The Morgan fingerprint density at radius 3 is 3.06 bits per heavy atom. The molecule has 7 heteroatoms. The monoisotopic (exact) mass is 256 g/mol. The summed E-state index contributed by atoms with van der Waals surface area (Å²) in [6, 6.07) is 0. The van der Waals surface area contributed by atoms with Gasteiger partial charge in [0.15, 0.2) is 5.84 Å². The van der Waals surface area contributed by atoms with Crippen LogP contribution in [0.25, 0.3) is 0 Å². The second-order valence-electron chi connectivity index (χ2n) is 3.51. The molecule has 1 rings (SSSR count). The van der Waals surface area contributed by atoms with E-state index in [9.17, 15) is 4.79 Å². The van der Waals surface area contributed by atoms with Gasteiger partial charge in [-0.1, -0.05) is 18.5 Å². The SMILES string of the molecule is CCCC(C(=O)NCc1nccs1)C(N)=NO. The van der Waals surface area contributed by atoms with Gasteiger partial charge in [0.25, 0.3) is 0 Å². The van der Waals surface area contributed by atoms with E-state index in [1.165, 1.54) is 11.3 Å². The largest absolute Gasteiger partial charge is 0.409 e. The summed E-state index contributed by atoms with van der Waals surface area (Å²) in [5.74, 6) is -0.870. The first kappa shape index (κ1) is 13.4. The maximum Gasteiger partial charge on any atom is 0.231 e. The van der Waals surface area contributed by atoms with E-state index in [2.05, 4.69) is 15.5 Å². The summed E-state index contributed by atoms with van der Waals surface area (Å²) in [6.07, 6.45) is 3.02. The van der Waals surface area contributed by atoms with Crippen LogP contribution in [0.4, 0.5) is 0 Å². The van der Waals surface area contributed by atoms with Crippen LogP contribution in [0.3, 0.4) is 0 Å². The van der Waals surface area contributed by atoms with Crippen molar-refractivity contribution in [3.8, 4) is 0 Å². The van der Waals surface area contributed by atoms with Crippen molar-refractivity contribution in [1.82, 2.24) is 10.3 Å². The predicted molar refractivity (Wildman–Crippen MR) is 65.8 cm³/mol. The first-order chi connectivity index (χ1) is 8.19. The molecule has 0 fully saturated rings. The van der Waals surface area contributed by atoms with Gasteiger partial charge < -0.3 is 16.3 Å². The van der Waals surface area contributed by atoms with Gasteiger partial charge >= 0.3 is 0 Å². The summed E-state index contributed by atoms with van der Waals surface area (Å²) in [5.41, 5.74) is 5.48. The van der Waals surface area contributed by atoms with Crippen LogP contribution in [0.15, 0.2) is 16.7 Å². The zero-order chi connectivity index (χ0) is 12.7. The summed E-state index contributed by atoms with van der Waals surface area (Å²) >= 11 is 1.47. The molecule has 0 spiro atoms. The smallest absolute Gasteiger partial charge is 0.231 e. The lowest BCUT2D eigenvalue weighted by molar-refractivity contribution is -0.123. The molecular weight excluding hydrogens is 240 g/mol. The highest BCUT2D eigenvalue weighted by molar-refractivity contribution is 7.09. The molecule has 1 amide bonds. The molecule has 0 aliphatic rings. The number of nitrogens with two attached hydrogens (primary N) is 1. The van der Waals surface area contributed by atoms with Gasteiger partial charge in [-0.15, -0.1) is 11.3 Å². The Kier molecular flexibility index (Phi) is 5.41. The molecule has 4 N–H and O–H groups in total. The van der Waals surface area contributed by atoms with E-state index in [0.29, 0.717) is 13.0 Å². The molecule has 0 aliphatic carbocycles. The van der Waals surface area contributed by atoms with Crippen molar-refractivity contribution in [3.63, 3.8) is 0 Å². The van der Waals surface area contributed by atoms with Crippen molar-refractivity contribution in [2.24, 2.45) is 16.8 Å². The number of carbonyl (C=O) groups excluding carboxylic acids is 1. The number of aromatic nitrogens is 1. The molecule has 0 aliphatic heterocycles. The number of oxime groups is 1. The number of rotatable bonds is 6. The lowest BCUT2D eigenvalue weighted by Gasteiger charge is -2.13. The molecule has 0 saturated carbocycles. The highest BCUT2D eigenvalue weighted by Gasteiger charge is 2.22. The molecule has 94 valence electrons. The van der Waals surface area contributed by atoms with E-state index < -0.39 is 5.92 Å². The first-order valence-corrected chi connectivity index (χ1v) is 6.20. The molecule has 0 radical (unpaired) electrons. The highest BCUT2D eigenvalue weighted by Crippen LogP contribution is 2.08. The molecule has 1 aromatic rings. The van der Waals surface area contributed by atoms with Crippen LogP contribution in [0.5, 0.6) is 0 Å². The van der Waals surface area contributed by atoms with Crippen molar-refractivity contribution in [1.29, 1.82) is 0 Å². The molecule has 1 heterocycles. The molecule has 0 aromatic carbocycles. The molecule has 1 unspecified atom stereocenters. The van der Waals surface area contributed by atoms with Crippen molar-refractivity contribution in [2.45, 2.75) is 26.3 Å². The Morgan fingerprint density at radius 1 is 1.76 bits per heavy atom. The molecule has 1 aromatic heterocycles. The minimum absolute atomic E-state index is 0.0523. The quantitative estimate of drug-likeness (QED) is 0.305. The lowest BCUT2D eigenvalue weighted by atomic mass is 10.0. The van der Waals surface area contributed by atoms with E-state index in [-0.39, 0.29) is 11.7 Å². The van der Waals surface area contributed by atoms with Gasteiger partial charge in [-0.05, 0) is 6.42 Å². The van der Waals surface area contributed by atoms with Crippen LogP contribution >= 0.6 is 11.3 Å². The van der Waals surface area contributed by atoms with Gasteiger partial charge in [-0.2, -0.15) is 0 Å². The highest BCUT2D eigenvalue weighted by atomic mass is 32.1. The summed E-state index contributed by atoms with van der Waals surface area (Å²) < 4.78 is 0. The predicted octanol–water partition coefficient (Wildman–Crippen LogP) is 0.922. The molecule has 17 heavy (non-hydrogen) atoms. The summed E-state index contributed by atoms with van der Waals surface area (Å²) in [7, 11) is 0. The Morgan fingerprint density at radius 2 is 2.53 bits per heavy atom. The molecule has 0 bridgehead atoms. The summed E-state index contributed by atoms with van der Waals surface area (Å²) in [6.45, 7) is 2.31. The van der Waals surface area contributed by atoms with Crippen molar-refractivity contribution in [3.05, 3.63) is 16.6 Å². The Balaban J connectivity index is 2.53. The summed E-state index contributed by atoms with van der Waals surface area (Å²) in [5, 5.41) is 16.9. The van der Waals surface area contributed by atoms with Crippen LogP contribution in [0.2, 0.25) is 0 Å². The van der Waals surface area contributed by atoms with Crippen molar-refractivity contribution >= 4 is 23.1 Å². The number of amides is 1. The standard InChI is InChI=1S/C10H16N4O2S/c1-2-3-7(9(11)14-16)10(15)13-6-8-12-4-5-17-8/h4-5,7,16H,2-3,6H2,1H3,(H2,11,14)(H,13,15). The molecular formula is C10H16N4O2S.